The van der Waals surface area contributed by atoms with Crippen LogP contribution in [-0.2, 0) is 0 Å². The summed E-state index contributed by atoms with van der Waals surface area (Å²) in [5, 5.41) is 8.08. The van der Waals surface area contributed by atoms with Crippen LogP contribution >= 0.6 is 0 Å². The number of rotatable bonds is 20. The molecule has 1 aromatic carbocycles. The number of carbonyl (C=O) groups excluding carboxylic acids is 1. The van der Waals surface area contributed by atoms with Crippen molar-refractivity contribution < 1.29 is 4.79 Å². The fourth-order valence-corrected chi connectivity index (χ4v) is 4.40. The molecule has 0 bridgehead atoms. The molecule has 4 heteroatoms. The number of hydrogen-bond acceptors (Lipinski definition) is 3. The van der Waals surface area contributed by atoms with Crippen molar-refractivity contribution in [1.29, 1.82) is 0 Å². The van der Waals surface area contributed by atoms with Crippen LogP contribution in [0.2, 0.25) is 0 Å². The number of para-hydroxylation sites is 1. The Hall–Kier alpha value is -1.97. The first-order chi connectivity index (χ1) is 16.3. The fourth-order valence-electron chi connectivity index (χ4n) is 4.40. The maximum Gasteiger partial charge on any atom is 0.248 e. The molecular weight excluding hydrogens is 406 g/mol. The predicted octanol–water partition coefficient (Wildman–Crippen LogP) is 9.06. The van der Waals surface area contributed by atoms with Gasteiger partial charge in [0.05, 0.1) is 5.52 Å². The second-order valence-electron chi connectivity index (χ2n) is 9.49. The summed E-state index contributed by atoms with van der Waals surface area (Å²) >= 11 is 0. The second kappa shape index (κ2) is 18.5. The maximum atomic E-state index is 12.4. The Bertz CT molecular complexity index is 780. The molecule has 4 nitrogen and oxygen atoms in total. The highest BCUT2D eigenvalue weighted by Gasteiger charge is 2.10. The van der Waals surface area contributed by atoms with E-state index in [9.17, 15) is 4.79 Å². The summed E-state index contributed by atoms with van der Waals surface area (Å²) in [7, 11) is 0. The van der Waals surface area contributed by atoms with Crippen LogP contribution in [0.5, 0.6) is 0 Å². The highest BCUT2D eigenvalue weighted by molar-refractivity contribution is 5.88. The molecule has 1 aromatic heterocycles. The number of allylic oxidation sites excluding steroid dienone is 2. The zero-order chi connectivity index (χ0) is 23.4. The second-order valence-corrected chi connectivity index (χ2v) is 9.49. The van der Waals surface area contributed by atoms with Gasteiger partial charge in [0.1, 0.15) is 5.52 Å². The molecule has 33 heavy (non-hydrogen) atoms. The van der Waals surface area contributed by atoms with Gasteiger partial charge in [-0.05, 0) is 37.8 Å². The summed E-state index contributed by atoms with van der Waals surface area (Å²) in [5.74, 6) is 0.0586. The van der Waals surface area contributed by atoms with E-state index in [1.165, 1.54) is 107 Å². The van der Waals surface area contributed by atoms with Crippen molar-refractivity contribution in [3.8, 4) is 0 Å². The highest BCUT2D eigenvalue weighted by Crippen LogP contribution is 2.15. The van der Waals surface area contributed by atoms with Gasteiger partial charge in [0, 0.05) is 6.42 Å². The lowest BCUT2D eigenvalue weighted by atomic mass is 10.0. The van der Waals surface area contributed by atoms with Crippen molar-refractivity contribution in [3.63, 3.8) is 0 Å². The average molecular weight is 454 g/mol. The molecule has 0 aliphatic carbocycles. The third-order valence-corrected chi connectivity index (χ3v) is 6.47. The SMILES string of the molecule is CCC/C=C/CCCCCCCCCCCCCCCCCC(=O)n1nnc2ccccc21. The number of hydrogen-bond donors (Lipinski definition) is 0. The van der Waals surface area contributed by atoms with Crippen molar-refractivity contribution in [2.45, 2.75) is 129 Å². The van der Waals surface area contributed by atoms with Gasteiger partial charge in [-0.25, -0.2) is 0 Å². The molecule has 2 aromatic rings. The topological polar surface area (TPSA) is 47.8 Å². The molecule has 0 saturated heterocycles. The summed E-state index contributed by atoms with van der Waals surface area (Å²) in [6, 6.07) is 7.64. The molecule has 1 heterocycles. The number of carbonyl (C=O) groups is 1. The van der Waals surface area contributed by atoms with Gasteiger partial charge in [-0.2, -0.15) is 4.68 Å². The molecule has 0 N–H and O–H groups in total. The van der Waals surface area contributed by atoms with E-state index in [1.54, 1.807) is 0 Å². The van der Waals surface area contributed by atoms with E-state index >= 15 is 0 Å². The number of benzene rings is 1. The Morgan fingerprint density at radius 1 is 0.727 bits per heavy atom. The van der Waals surface area contributed by atoms with Crippen LogP contribution in [0.3, 0.4) is 0 Å². The molecular formula is C29H47N3O. The van der Waals surface area contributed by atoms with Crippen LogP contribution in [0.4, 0.5) is 0 Å². The van der Waals surface area contributed by atoms with Gasteiger partial charge in [0.15, 0.2) is 0 Å². The first kappa shape index (κ1) is 27.3. The monoisotopic (exact) mass is 453 g/mol. The molecule has 184 valence electrons. The predicted molar refractivity (Wildman–Crippen MR) is 141 cm³/mol. The van der Waals surface area contributed by atoms with Crippen molar-refractivity contribution >= 4 is 16.9 Å². The Kier molecular flexibility index (Phi) is 15.3. The molecule has 0 radical (unpaired) electrons. The van der Waals surface area contributed by atoms with Crippen molar-refractivity contribution in [2.75, 3.05) is 0 Å². The first-order valence-corrected chi connectivity index (χ1v) is 13.8. The number of nitrogens with zero attached hydrogens (tertiary/aromatic N) is 3. The normalized spacial score (nSPS) is 11.7. The minimum absolute atomic E-state index is 0.0586. The molecule has 0 aliphatic heterocycles. The standard InChI is InChI=1S/C29H47N3O/c1-2-3-4-5-6-7-8-9-10-11-12-13-14-15-16-17-18-19-20-21-26-29(33)32-28-25-23-22-24-27(28)30-31-32/h4-5,22-25H,2-3,6-21,26H2,1H3/b5-4+. The third-order valence-electron chi connectivity index (χ3n) is 6.47. The van der Waals surface area contributed by atoms with E-state index in [-0.39, 0.29) is 5.91 Å². The van der Waals surface area contributed by atoms with Gasteiger partial charge in [-0.15, -0.1) is 5.10 Å². The highest BCUT2D eigenvalue weighted by atomic mass is 16.2. The summed E-state index contributed by atoms with van der Waals surface area (Å²) in [4.78, 5) is 12.4. The maximum absolute atomic E-state index is 12.4. The van der Waals surface area contributed by atoms with Crippen LogP contribution in [0, 0.1) is 0 Å². The molecule has 0 fully saturated rings. The zero-order valence-corrected chi connectivity index (χ0v) is 21.1. The van der Waals surface area contributed by atoms with E-state index in [0.29, 0.717) is 6.42 Å². The smallest absolute Gasteiger partial charge is 0.248 e. The lowest BCUT2D eigenvalue weighted by molar-refractivity contribution is 0.0886. The lowest BCUT2D eigenvalue weighted by Crippen LogP contribution is -2.12. The molecule has 2 rings (SSSR count). The Balaban J connectivity index is 1.31. The van der Waals surface area contributed by atoms with Crippen LogP contribution in [-0.4, -0.2) is 20.9 Å². The van der Waals surface area contributed by atoms with E-state index < -0.39 is 0 Å². The molecule has 0 atom stereocenters. The van der Waals surface area contributed by atoms with Gasteiger partial charge >= 0.3 is 0 Å². The van der Waals surface area contributed by atoms with Gasteiger partial charge in [-0.1, -0.05) is 126 Å². The van der Waals surface area contributed by atoms with Crippen LogP contribution < -0.4 is 0 Å². The van der Waals surface area contributed by atoms with Crippen LogP contribution in [0.15, 0.2) is 36.4 Å². The Morgan fingerprint density at radius 3 is 1.85 bits per heavy atom. The fraction of sp³-hybridized carbons (Fsp3) is 0.690. The largest absolute Gasteiger partial charge is 0.273 e. The zero-order valence-electron chi connectivity index (χ0n) is 21.1. The summed E-state index contributed by atoms with van der Waals surface area (Å²) in [6.45, 7) is 2.24. The van der Waals surface area contributed by atoms with Crippen LogP contribution in [0.25, 0.3) is 11.0 Å². The molecule has 0 amide bonds. The number of aromatic nitrogens is 3. The van der Waals surface area contributed by atoms with Gasteiger partial charge in [-0.3, -0.25) is 4.79 Å². The quantitative estimate of drug-likeness (QED) is 0.148. The van der Waals surface area contributed by atoms with Crippen molar-refractivity contribution in [3.05, 3.63) is 36.4 Å². The third kappa shape index (κ3) is 12.2. The molecule has 0 spiro atoms. The van der Waals surface area contributed by atoms with Crippen molar-refractivity contribution in [2.24, 2.45) is 0 Å². The molecule has 0 saturated carbocycles. The van der Waals surface area contributed by atoms with Gasteiger partial charge < -0.3 is 0 Å². The Labute approximate surface area is 202 Å². The van der Waals surface area contributed by atoms with E-state index in [0.717, 1.165) is 23.9 Å². The van der Waals surface area contributed by atoms with Crippen molar-refractivity contribution in [1.82, 2.24) is 15.0 Å². The minimum atomic E-state index is 0.0586. The average Bonchev–Trinajstić information content (AvgIpc) is 3.27. The summed E-state index contributed by atoms with van der Waals surface area (Å²) in [6.07, 6.45) is 29.1. The Morgan fingerprint density at radius 2 is 1.24 bits per heavy atom. The van der Waals surface area contributed by atoms with Gasteiger partial charge in [0.25, 0.3) is 0 Å². The minimum Gasteiger partial charge on any atom is -0.273 e. The van der Waals surface area contributed by atoms with Gasteiger partial charge in [0.2, 0.25) is 5.91 Å². The van der Waals surface area contributed by atoms with E-state index in [2.05, 4.69) is 29.4 Å². The number of unbranched alkanes of at least 4 members (excludes halogenated alkanes) is 16. The molecule has 0 aliphatic rings. The van der Waals surface area contributed by atoms with Crippen LogP contribution in [0.1, 0.15) is 134 Å². The number of fused-ring (bicyclic) bond motifs is 1. The van der Waals surface area contributed by atoms with E-state index in [1.807, 2.05) is 24.3 Å². The first-order valence-electron chi connectivity index (χ1n) is 13.8. The summed E-state index contributed by atoms with van der Waals surface area (Å²) < 4.78 is 1.46. The van der Waals surface area contributed by atoms with E-state index in [4.69, 9.17) is 0 Å². The summed E-state index contributed by atoms with van der Waals surface area (Å²) in [5.41, 5.74) is 1.60. The lowest BCUT2D eigenvalue weighted by Gasteiger charge is -2.04. The molecule has 0 unspecified atom stereocenters.